The number of hydrogen-bond acceptors (Lipinski definition) is 5. The smallest absolute Gasteiger partial charge is 0.180 e. The van der Waals surface area contributed by atoms with E-state index in [9.17, 15) is 0 Å². The predicted molar refractivity (Wildman–Crippen MR) is 101 cm³/mol. The van der Waals surface area contributed by atoms with Crippen LogP contribution in [0.1, 0.15) is 0 Å². The predicted octanol–water partition coefficient (Wildman–Crippen LogP) is 3.66. The quantitative estimate of drug-likeness (QED) is 0.610. The number of fused-ring (bicyclic) bond motifs is 1. The molecule has 0 saturated heterocycles. The van der Waals surface area contributed by atoms with Gasteiger partial charge in [0.15, 0.2) is 23.0 Å². The Labute approximate surface area is 150 Å². The number of nitrogen functional groups attached to an aromatic ring is 1. The Morgan fingerprint density at radius 1 is 0.808 bits per heavy atom. The molecule has 130 valence electrons. The van der Waals surface area contributed by atoms with Crippen LogP contribution in [0.15, 0.2) is 60.9 Å². The minimum Gasteiger partial charge on any atom is -0.493 e. The molecule has 2 aromatic heterocycles. The second-order valence-corrected chi connectivity index (χ2v) is 5.80. The van der Waals surface area contributed by atoms with Gasteiger partial charge in [0.05, 0.1) is 25.6 Å². The number of methoxy groups -OCH3 is 2. The third-order valence-corrected chi connectivity index (χ3v) is 4.21. The minimum absolute atomic E-state index is 0.387. The molecule has 0 atom stereocenters. The highest BCUT2D eigenvalue weighted by molar-refractivity contribution is 5.73. The van der Waals surface area contributed by atoms with Crippen LogP contribution in [-0.2, 0) is 0 Å². The van der Waals surface area contributed by atoms with Gasteiger partial charge >= 0.3 is 0 Å². The Morgan fingerprint density at radius 2 is 1.50 bits per heavy atom. The van der Waals surface area contributed by atoms with Crippen LogP contribution in [0.2, 0.25) is 0 Å². The van der Waals surface area contributed by atoms with Gasteiger partial charge in [0.25, 0.3) is 0 Å². The molecule has 4 aromatic rings. The number of rotatable bonds is 4. The topological polar surface area (TPSA) is 74.7 Å². The molecule has 0 aliphatic carbocycles. The van der Waals surface area contributed by atoms with Crippen molar-refractivity contribution in [2.24, 2.45) is 0 Å². The highest BCUT2D eigenvalue weighted by Gasteiger charge is 2.12. The molecule has 0 bridgehead atoms. The Balaban J connectivity index is 1.82. The molecular weight excluding hydrogens is 328 g/mol. The van der Waals surface area contributed by atoms with E-state index < -0.39 is 0 Å². The minimum atomic E-state index is 0.387. The molecule has 0 aliphatic rings. The zero-order chi connectivity index (χ0) is 18.1. The molecule has 0 aliphatic heterocycles. The summed E-state index contributed by atoms with van der Waals surface area (Å²) in [6.07, 6.45) is 3.86. The van der Waals surface area contributed by atoms with Crippen molar-refractivity contribution in [3.63, 3.8) is 0 Å². The fraction of sp³-hybridized carbons (Fsp3) is 0.100. The Bertz CT molecular complexity index is 1070. The first-order chi connectivity index (χ1) is 12.7. The molecule has 0 fully saturated rings. The SMILES string of the molecule is COc1ccc(-c2cn3cc(-c4ccccc4)nc(N)c3n2)cc1OC. The van der Waals surface area contributed by atoms with E-state index in [0.717, 1.165) is 22.5 Å². The number of aromatic nitrogens is 3. The summed E-state index contributed by atoms with van der Waals surface area (Å²) in [6, 6.07) is 15.6. The van der Waals surface area contributed by atoms with Gasteiger partial charge in [-0.15, -0.1) is 0 Å². The van der Waals surface area contributed by atoms with Crippen molar-refractivity contribution in [3.05, 3.63) is 60.9 Å². The lowest BCUT2D eigenvalue weighted by Gasteiger charge is -2.08. The lowest BCUT2D eigenvalue weighted by Crippen LogP contribution is -1.98. The molecule has 0 radical (unpaired) electrons. The second-order valence-electron chi connectivity index (χ2n) is 5.80. The summed E-state index contributed by atoms with van der Waals surface area (Å²) in [5.74, 6) is 1.71. The molecule has 0 spiro atoms. The van der Waals surface area contributed by atoms with E-state index >= 15 is 0 Å². The van der Waals surface area contributed by atoms with Crippen LogP contribution in [0.4, 0.5) is 5.82 Å². The zero-order valence-corrected chi connectivity index (χ0v) is 14.5. The van der Waals surface area contributed by atoms with Crippen LogP contribution in [0.25, 0.3) is 28.2 Å². The molecule has 0 amide bonds. The van der Waals surface area contributed by atoms with Gasteiger partial charge in [0.2, 0.25) is 0 Å². The normalized spacial score (nSPS) is 10.8. The van der Waals surface area contributed by atoms with Crippen LogP contribution in [-0.4, -0.2) is 28.6 Å². The van der Waals surface area contributed by atoms with Crippen molar-refractivity contribution >= 4 is 11.5 Å². The van der Waals surface area contributed by atoms with Crippen molar-refractivity contribution in [1.82, 2.24) is 14.4 Å². The number of nitrogens with zero attached hydrogens (tertiary/aromatic N) is 3. The molecule has 2 N–H and O–H groups in total. The molecule has 4 rings (SSSR count). The standard InChI is InChI=1S/C20H18N4O2/c1-25-17-9-8-14(10-18(17)26-2)16-12-24-11-15(13-6-4-3-5-7-13)22-19(21)20(24)23-16/h3-12H,1-2H3,(H2,21,22). The fourth-order valence-corrected chi connectivity index (χ4v) is 2.90. The molecule has 0 unspecified atom stereocenters. The molecule has 6 heteroatoms. The lowest BCUT2D eigenvalue weighted by atomic mass is 10.1. The molecule has 0 saturated carbocycles. The summed E-state index contributed by atoms with van der Waals surface area (Å²) in [4.78, 5) is 9.12. The van der Waals surface area contributed by atoms with Crippen LogP contribution in [0, 0.1) is 0 Å². The van der Waals surface area contributed by atoms with E-state index in [1.165, 1.54) is 0 Å². The Hall–Kier alpha value is -3.54. The summed E-state index contributed by atoms with van der Waals surface area (Å²) in [5.41, 5.74) is 10.3. The van der Waals surface area contributed by atoms with Crippen molar-refractivity contribution in [2.75, 3.05) is 20.0 Å². The van der Waals surface area contributed by atoms with E-state index in [-0.39, 0.29) is 0 Å². The van der Waals surface area contributed by atoms with Gasteiger partial charge in [0.1, 0.15) is 0 Å². The van der Waals surface area contributed by atoms with Gasteiger partial charge in [-0.05, 0) is 18.2 Å². The van der Waals surface area contributed by atoms with E-state index in [1.54, 1.807) is 14.2 Å². The van der Waals surface area contributed by atoms with Gasteiger partial charge in [-0.2, -0.15) is 0 Å². The maximum Gasteiger partial charge on any atom is 0.180 e. The third kappa shape index (κ3) is 2.71. The van der Waals surface area contributed by atoms with E-state index in [2.05, 4.69) is 9.97 Å². The molecular formula is C20H18N4O2. The van der Waals surface area contributed by atoms with Crippen molar-refractivity contribution < 1.29 is 9.47 Å². The maximum absolute atomic E-state index is 6.15. The largest absolute Gasteiger partial charge is 0.493 e. The number of benzene rings is 2. The first-order valence-corrected chi connectivity index (χ1v) is 8.12. The van der Waals surface area contributed by atoms with Gasteiger partial charge in [-0.1, -0.05) is 30.3 Å². The number of ether oxygens (including phenoxy) is 2. The second kappa shape index (κ2) is 6.40. The Morgan fingerprint density at radius 3 is 2.19 bits per heavy atom. The highest BCUT2D eigenvalue weighted by Crippen LogP contribution is 2.32. The van der Waals surface area contributed by atoms with Crippen molar-refractivity contribution in [2.45, 2.75) is 0 Å². The van der Waals surface area contributed by atoms with Crippen LogP contribution in [0.5, 0.6) is 11.5 Å². The average Bonchev–Trinajstić information content (AvgIpc) is 3.13. The van der Waals surface area contributed by atoms with Crippen molar-refractivity contribution in [3.8, 4) is 34.0 Å². The average molecular weight is 346 g/mol. The summed E-state index contributed by atoms with van der Waals surface area (Å²) in [5, 5.41) is 0. The molecule has 2 heterocycles. The molecule has 2 aromatic carbocycles. The maximum atomic E-state index is 6.15. The molecule has 6 nitrogen and oxygen atoms in total. The molecule has 26 heavy (non-hydrogen) atoms. The van der Waals surface area contributed by atoms with E-state index in [4.69, 9.17) is 15.2 Å². The van der Waals surface area contributed by atoms with E-state index in [0.29, 0.717) is 23.0 Å². The van der Waals surface area contributed by atoms with Gasteiger partial charge in [-0.25, -0.2) is 9.97 Å². The van der Waals surface area contributed by atoms with E-state index in [1.807, 2.05) is 65.3 Å². The first-order valence-electron chi connectivity index (χ1n) is 8.12. The number of nitrogens with two attached hydrogens (primary N) is 1. The first kappa shape index (κ1) is 16.0. The van der Waals surface area contributed by atoms with Gasteiger partial charge < -0.3 is 19.6 Å². The van der Waals surface area contributed by atoms with Crippen LogP contribution < -0.4 is 15.2 Å². The fourth-order valence-electron chi connectivity index (χ4n) is 2.90. The zero-order valence-electron chi connectivity index (χ0n) is 14.5. The summed E-state index contributed by atoms with van der Waals surface area (Å²) in [6.45, 7) is 0. The summed E-state index contributed by atoms with van der Waals surface area (Å²) < 4.78 is 12.6. The van der Waals surface area contributed by atoms with Crippen LogP contribution >= 0.6 is 0 Å². The van der Waals surface area contributed by atoms with Gasteiger partial charge in [0, 0.05) is 23.5 Å². The summed E-state index contributed by atoms with van der Waals surface area (Å²) >= 11 is 0. The number of imidazole rings is 1. The Kier molecular flexibility index (Phi) is 3.93. The summed E-state index contributed by atoms with van der Waals surface area (Å²) in [7, 11) is 3.22. The lowest BCUT2D eigenvalue weighted by molar-refractivity contribution is 0.355. The number of anilines is 1. The van der Waals surface area contributed by atoms with Gasteiger partial charge in [-0.3, -0.25) is 0 Å². The highest BCUT2D eigenvalue weighted by atomic mass is 16.5. The number of hydrogen-bond donors (Lipinski definition) is 1. The van der Waals surface area contributed by atoms with Crippen molar-refractivity contribution in [1.29, 1.82) is 0 Å². The monoisotopic (exact) mass is 346 g/mol. The van der Waals surface area contributed by atoms with Crippen LogP contribution in [0.3, 0.4) is 0 Å². The third-order valence-electron chi connectivity index (χ3n) is 4.21.